The number of halogens is 1. The fraction of sp³-hybridized carbons (Fsp3) is 0.700. The van der Waals surface area contributed by atoms with E-state index in [0.717, 1.165) is 0 Å². The van der Waals surface area contributed by atoms with Crippen LogP contribution < -0.4 is 5.43 Å². The summed E-state index contributed by atoms with van der Waals surface area (Å²) in [6, 6.07) is 0. The molecule has 0 aliphatic carbocycles. The van der Waals surface area contributed by atoms with Crippen LogP contribution in [-0.2, 0) is 14.3 Å². The number of nitrogens with zero attached hydrogens (tertiary/aromatic N) is 1. The summed E-state index contributed by atoms with van der Waals surface area (Å²) >= 11 is 5.70. The summed E-state index contributed by atoms with van der Waals surface area (Å²) in [5.41, 5.74) is 1.73. The minimum absolute atomic E-state index is 0.212. The molecule has 0 heterocycles. The summed E-state index contributed by atoms with van der Waals surface area (Å²) in [6.45, 7) is 6.66. The number of alkyl halides is 1. The van der Waals surface area contributed by atoms with Crippen molar-refractivity contribution in [2.45, 2.75) is 38.7 Å². The van der Waals surface area contributed by atoms with Gasteiger partial charge in [0.15, 0.2) is 5.38 Å². The Labute approximate surface area is 105 Å². The van der Waals surface area contributed by atoms with Gasteiger partial charge in [-0.05, 0) is 27.7 Å². The molecule has 0 radical (unpaired) electrons. The van der Waals surface area contributed by atoms with Crippen LogP contribution in [0.4, 0.5) is 4.79 Å². The fourth-order valence-corrected chi connectivity index (χ4v) is 0.903. The van der Waals surface area contributed by atoms with E-state index in [2.05, 4.69) is 15.3 Å². The largest absolute Gasteiger partial charge is 0.468 e. The monoisotopic (exact) mass is 264 g/mol. The van der Waals surface area contributed by atoms with Crippen LogP contribution in [0, 0.1) is 0 Å². The molecule has 0 aromatic carbocycles. The average molecular weight is 265 g/mol. The second kappa shape index (κ2) is 6.44. The van der Waals surface area contributed by atoms with Crippen molar-refractivity contribution < 1.29 is 19.1 Å². The van der Waals surface area contributed by atoms with Crippen molar-refractivity contribution in [2.24, 2.45) is 5.10 Å². The lowest BCUT2D eigenvalue weighted by Gasteiger charge is -2.18. The third kappa shape index (κ3) is 6.78. The van der Waals surface area contributed by atoms with E-state index in [1.54, 1.807) is 20.8 Å². The first-order valence-electron chi connectivity index (χ1n) is 4.92. The summed E-state index contributed by atoms with van der Waals surface area (Å²) in [7, 11) is 1.21. The zero-order valence-corrected chi connectivity index (χ0v) is 11.3. The Kier molecular flexibility index (Phi) is 5.95. The molecule has 0 aromatic rings. The van der Waals surface area contributed by atoms with Crippen LogP contribution in [0.15, 0.2) is 5.10 Å². The van der Waals surface area contributed by atoms with Crippen molar-refractivity contribution in [3.63, 3.8) is 0 Å². The van der Waals surface area contributed by atoms with E-state index >= 15 is 0 Å². The van der Waals surface area contributed by atoms with Gasteiger partial charge in [-0.15, -0.1) is 11.6 Å². The SMILES string of the molecule is COC(=O)C(Cl)/C(C)=N\NC(=O)OC(C)(C)C. The minimum atomic E-state index is -1.03. The van der Waals surface area contributed by atoms with E-state index < -0.39 is 23.0 Å². The van der Waals surface area contributed by atoms with Gasteiger partial charge in [0, 0.05) is 0 Å². The van der Waals surface area contributed by atoms with Gasteiger partial charge >= 0.3 is 12.1 Å². The molecule has 0 spiro atoms. The number of nitrogens with one attached hydrogen (secondary N) is 1. The van der Waals surface area contributed by atoms with Gasteiger partial charge in [0.2, 0.25) is 0 Å². The van der Waals surface area contributed by atoms with Crippen LogP contribution in [0.2, 0.25) is 0 Å². The molecular weight excluding hydrogens is 248 g/mol. The number of hydrogen-bond acceptors (Lipinski definition) is 5. The normalized spacial score (nSPS) is 13.9. The summed E-state index contributed by atoms with van der Waals surface area (Å²) in [5.74, 6) is -0.640. The lowest BCUT2D eigenvalue weighted by Crippen LogP contribution is -2.32. The Morgan fingerprint density at radius 2 is 1.88 bits per heavy atom. The number of hydrazone groups is 1. The molecule has 0 aliphatic heterocycles. The molecule has 0 saturated heterocycles. The predicted molar refractivity (Wildman–Crippen MR) is 64.1 cm³/mol. The van der Waals surface area contributed by atoms with Crippen LogP contribution in [0.1, 0.15) is 27.7 Å². The first-order chi connectivity index (χ1) is 7.67. The fourth-order valence-electron chi connectivity index (χ4n) is 0.765. The zero-order chi connectivity index (χ0) is 13.6. The highest BCUT2D eigenvalue weighted by Crippen LogP contribution is 2.06. The molecule has 1 atom stereocenters. The summed E-state index contributed by atoms with van der Waals surface area (Å²) in [5, 5.41) is 2.60. The van der Waals surface area contributed by atoms with Gasteiger partial charge in [-0.1, -0.05) is 0 Å². The summed E-state index contributed by atoms with van der Waals surface area (Å²) in [4.78, 5) is 22.3. The Morgan fingerprint density at radius 3 is 2.29 bits per heavy atom. The van der Waals surface area contributed by atoms with Crippen LogP contribution in [0.3, 0.4) is 0 Å². The molecule has 1 amide bonds. The second-order valence-corrected chi connectivity index (χ2v) is 4.69. The second-order valence-electron chi connectivity index (χ2n) is 4.25. The van der Waals surface area contributed by atoms with E-state index in [9.17, 15) is 9.59 Å². The van der Waals surface area contributed by atoms with Crippen molar-refractivity contribution >= 4 is 29.4 Å². The summed E-state index contributed by atoms with van der Waals surface area (Å²) in [6.07, 6.45) is -0.717. The number of hydrogen-bond donors (Lipinski definition) is 1. The van der Waals surface area contributed by atoms with Crippen molar-refractivity contribution in [3.05, 3.63) is 0 Å². The quantitative estimate of drug-likeness (QED) is 0.364. The number of methoxy groups -OCH3 is 1. The van der Waals surface area contributed by atoms with Gasteiger partial charge in [-0.25, -0.2) is 10.2 Å². The smallest absolute Gasteiger partial charge is 0.428 e. The van der Waals surface area contributed by atoms with Gasteiger partial charge < -0.3 is 9.47 Å². The number of carbonyl (C=O) groups excluding carboxylic acids is 2. The average Bonchev–Trinajstić information content (AvgIpc) is 2.21. The van der Waals surface area contributed by atoms with Crippen LogP contribution in [-0.4, -0.2) is 35.9 Å². The third-order valence-corrected chi connectivity index (χ3v) is 1.99. The van der Waals surface area contributed by atoms with Crippen LogP contribution in [0.5, 0.6) is 0 Å². The molecule has 0 aromatic heterocycles. The summed E-state index contributed by atoms with van der Waals surface area (Å²) < 4.78 is 9.36. The molecule has 0 fully saturated rings. The third-order valence-electron chi connectivity index (χ3n) is 1.50. The van der Waals surface area contributed by atoms with Crippen molar-refractivity contribution in [1.29, 1.82) is 0 Å². The molecule has 6 nitrogen and oxygen atoms in total. The van der Waals surface area contributed by atoms with Crippen molar-refractivity contribution in [1.82, 2.24) is 5.43 Å². The number of ether oxygens (including phenoxy) is 2. The van der Waals surface area contributed by atoms with Gasteiger partial charge in [0.1, 0.15) is 5.60 Å². The maximum Gasteiger partial charge on any atom is 0.428 e. The van der Waals surface area contributed by atoms with Gasteiger partial charge in [0.25, 0.3) is 0 Å². The predicted octanol–water partition coefficient (Wildman–Crippen LogP) is 1.67. The van der Waals surface area contributed by atoms with E-state index in [1.165, 1.54) is 14.0 Å². The van der Waals surface area contributed by atoms with Crippen molar-refractivity contribution in [2.75, 3.05) is 7.11 Å². The first-order valence-corrected chi connectivity index (χ1v) is 5.36. The molecule has 7 heteroatoms. The maximum absolute atomic E-state index is 11.2. The molecule has 1 N–H and O–H groups in total. The minimum Gasteiger partial charge on any atom is -0.468 e. The molecule has 17 heavy (non-hydrogen) atoms. The van der Waals surface area contributed by atoms with Gasteiger partial charge in [-0.2, -0.15) is 5.10 Å². The number of esters is 1. The molecule has 98 valence electrons. The molecule has 0 saturated carbocycles. The maximum atomic E-state index is 11.2. The Bertz CT molecular complexity index is 323. The van der Waals surface area contributed by atoms with E-state index in [-0.39, 0.29) is 5.71 Å². The first kappa shape index (κ1) is 15.7. The highest BCUT2D eigenvalue weighted by molar-refractivity contribution is 6.41. The van der Waals surface area contributed by atoms with Gasteiger partial charge in [0.05, 0.1) is 12.8 Å². The number of carbonyl (C=O) groups is 2. The molecule has 0 aliphatic rings. The van der Waals surface area contributed by atoms with E-state index in [1.807, 2.05) is 0 Å². The Balaban J connectivity index is 4.33. The molecule has 0 bridgehead atoms. The Hall–Kier alpha value is -1.30. The zero-order valence-electron chi connectivity index (χ0n) is 10.5. The standard InChI is InChI=1S/C10H17ClN2O4/c1-6(7(11)8(14)16-5)12-13-9(15)17-10(2,3)4/h7H,1-5H3,(H,13,15)/b12-6-. The van der Waals surface area contributed by atoms with E-state index in [0.29, 0.717) is 0 Å². The lowest BCUT2D eigenvalue weighted by atomic mass is 10.2. The van der Waals surface area contributed by atoms with E-state index in [4.69, 9.17) is 16.3 Å². The molecular formula is C10H17ClN2O4. The van der Waals surface area contributed by atoms with Crippen LogP contribution in [0.25, 0.3) is 0 Å². The van der Waals surface area contributed by atoms with Crippen LogP contribution >= 0.6 is 11.6 Å². The topological polar surface area (TPSA) is 77.0 Å². The van der Waals surface area contributed by atoms with Gasteiger partial charge in [-0.3, -0.25) is 4.79 Å². The Morgan fingerprint density at radius 1 is 1.35 bits per heavy atom. The van der Waals surface area contributed by atoms with Crippen molar-refractivity contribution in [3.8, 4) is 0 Å². The highest BCUT2D eigenvalue weighted by Gasteiger charge is 2.20. The number of amides is 1. The number of rotatable bonds is 3. The molecule has 1 unspecified atom stereocenters. The lowest BCUT2D eigenvalue weighted by molar-refractivity contribution is -0.138. The highest BCUT2D eigenvalue weighted by atomic mass is 35.5. The molecule has 0 rings (SSSR count).